The molecule has 0 bridgehead atoms. The van der Waals surface area contributed by atoms with Crippen LogP contribution in [0.15, 0.2) is 58.4 Å². The van der Waals surface area contributed by atoms with Crippen LogP contribution in [0, 0.1) is 0 Å². The van der Waals surface area contributed by atoms with E-state index in [9.17, 15) is 0 Å². The number of benzene rings is 2. The molecule has 2 aromatic heterocycles. The summed E-state index contributed by atoms with van der Waals surface area (Å²) in [7, 11) is 1.65. The van der Waals surface area contributed by atoms with Gasteiger partial charge < -0.3 is 9.26 Å². The van der Waals surface area contributed by atoms with E-state index < -0.39 is 0 Å². The molecule has 1 saturated heterocycles. The molecule has 0 atom stereocenters. The molecular weight excluding hydrogens is 470 g/mol. The second kappa shape index (κ2) is 10.7. The first kappa shape index (κ1) is 23.0. The first-order valence-electron chi connectivity index (χ1n) is 11.2. The van der Waals surface area contributed by atoms with Gasteiger partial charge in [-0.25, -0.2) is 4.98 Å². The molecule has 34 heavy (non-hydrogen) atoms. The Morgan fingerprint density at radius 3 is 2.35 bits per heavy atom. The van der Waals surface area contributed by atoms with Crippen molar-refractivity contribution in [3.05, 3.63) is 81.1 Å². The summed E-state index contributed by atoms with van der Waals surface area (Å²) in [4.78, 5) is 14.2. The molecule has 0 aliphatic carbocycles. The van der Waals surface area contributed by atoms with Gasteiger partial charge in [-0.3, -0.25) is 9.80 Å². The molecule has 1 fully saturated rings. The predicted octanol–water partition coefficient (Wildman–Crippen LogP) is 4.76. The van der Waals surface area contributed by atoms with Crippen LogP contribution >= 0.6 is 22.9 Å². The van der Waals surface area contributed by atoms with E-state index >= 15 is 0 Å². The Bertz CT molecular complexity index is 1200. The maximum absolute atomic E-state index is 5.98. The molecular formula is C25H26ClN5O2S. The van der Waals surface area contributed by atoms with Crippen molar-refractivity contribution < 1.29 is 9.26 Å². The number of hydrogen-bond donors (Lipinski definition) is 0. The minimum absolute atomic E-state index is 0.606. The maximum atomic E-state index is 5.98. The zero-order valence-corrected chi connectivity index (χ0v) is 20.6. The van der Waals surface area contributed by atoms with Gasteiger partial charge in [-0.05, 0) is 42.0 Å². The van der Waals surface area contributed by atoms with E-state index in [1.54, 1.807) is 18.4 Å². The Balaban J connectivity index is 1.09. The summed E-state index contributed by atoms with van der Waals surface area (Å²) in [6, 6.07) is 15.6. The van der Waals surface area contributed by atoms with E-state index in [-0.39, 0.29) is 0 Å². The van der Waals surface area contributed by atoms with Gasteiger partial charge in [0.25, 0.3) is 0 Å². The molecule has 0 saturated carbocycles. The highest BCUT2D eigenvalue weighted by atomic mass is 35.5. The van der Waals surface area contributed by atoms with Crippen molar-refractivity contribution in [2.24, 2.45) is 0 Å². The Labute approximate surface area is 207 Å². The van der Waals surface area contributed by atoms with Crippen molar-refractivity contribution >= 4 is 22.9 Å². The molecule has 0 spiro atoms. The minimum Gasteiger partial charge on any atom is -0.497 e. The van der Waals surface area contributed by atoms with E-state index in [1.807, 2.05) is 36.4 Å². The summed E-state index contributed by atoms with van der Waals surface area (Å²) in [5.41, 5.74) is 3.29. The SMILES string of the molecule is COc1ccc(-c2noc(CN3CCN(Cc4csc(Cc5ccc(Cl)cc5)n4)CC3)n2)cc1. The summed E-state index contributed by atoms with van der Waals surface area (Å²) in [5, 5.41) is 8.22. The highest BCUT2D eigenvalue weighted by Crippen LogP contribution is 2.21. The van der Waals surface area contributed by atoms with Crippen LogP contribution in [0.1, 0.15) is 22.2 Å². The highest BCUT2D eigenvalue weighted by molar-refractivity contribution is 7.09. The van der Waals surface area contributed by atoms with Crippen LogP contribution in [0.2, 0.25) is 5.02 Å². The molecule has 176 valence electrons. The molecule has 9 heteroatoms. The lowest BCUT2D eigenvalue weighted by atomic mass is 10.2. The lowest BCUT2D eigenvalue weighted by molar-refractivity contribution is 0.111. The fraction of sp³-hybridized carbons (Fsp3) is 0.320. The number of thiazole rings is 1. The zero-order valence-electron chi connectivity index (χ0n) is 19.0. The first-order chi connectivity index (χ1) is 16.6. The molecule has 5 rings (SSSR count). The van der Waals surface area contributed by atoms with E-state index in [4.69, 9.17) is 25.8 Å². The first-order valence-corrected chi connectivity index (χ1v) is 12.5. The third-order valence-corrected chi connectivity index (χ3v) is 7.04. The van der Waals surface area contributed by atoms with Gasteiger partial charge in [0.05, 0.1) is 24.4 Å². The van der Waals surface area contributed by atoms with Crippen LogP contribution in [-0.4, -0.2) is 58.2 Å². The van der Waals surface area contributed by atoms with Crippen molar-refractivity contribution in [2.75, 3.05) is 33.3 Å². The molecule has 4 aromatic rings. The molecule has 1 aliphatic rings. The molecule has 0 N–H and O–H groups in total. The second-order valence-electron chi connectivity index (χ2n) is 8.33. The van der Waals surface area contributed by atoms with E-state index in [1.165, 1.54) is 5.56 Å². The number of hydrogen-bond acceptors (Lipinski definition) is 8. The lowest BCUT2D eigenvalue weighted by Gasteiger charge is -2.33. The number of piperazine rings is 1. The summed E-state index contributed by atoms with van der Waals surface area (Å²) >= 11 is 7.71. The molecule has 1 aliphatic heterocycles. The lowest BCUT2D eigenvalue weighted by Crippen LogP contribution is -2.45. The summed E-state index contributed by atoms with van der Waals surface area (Å²) in [6.07, 6.45) is 0.846. The van der Waals surface area contributed by atoms with E-state index in [0.29, 0.717) is 18.3 Å². The van der Waals surface area contributed by atoms with Gasteiger partial charge in [-0.1, -0.05) is 28.9 Å². The van der Waals surface area contributed by atoms with Crippen molar-refractivity contribution in [2.45, 2.75) is 19.5 Å². The van der Waals surface area contributed by atoms with Gasteiger partial charge in [0.15, 0.2) is 0 Å². The maximum Gasteiger partial charge on any atom is 0.241 e. The van der Waals surface area contributed by atoms with Gasteiger partial charge >= 0.3 is 0 Å². The zero-order chi connectivity index (χ0) is 23.3. The average Bonchev–Trinajstić information content (AvgIpc) is 3.51. The van der Waals surface area contributed by atoms with Crippen LogP contribution in [0.5, 0.6) is 5.75 Å². The number of halogens is 1. The van der Waals surface area contributed by atoms with Crippen LogP contribution in [0.3, 0.4) is 0 Å². The van der Waals surface area contributed by atoms with Crippen molar-refractivity contribution in [1.29, 1.82) is 0 Å². The van der Waals surface area contributed by atoms with Gasteiger partial charge in [0.2, 0.25) is 11.7 Å². The van der Waals surface area contributed by atoms with E-state index in [2.05, 4.69) is 37.5 Å². The Kier molecular flexibility index (Phi) is 7.20. The number of aromatic nitrogens is 3. The molecule has 0 amide bonds. The topological polar surface area (TPSA) is 67.5 Å². The predicted molar refractivity (Wildman–Crippen MR) is 133 cm³/mol. The van der Waals surface area contributed by atoms with Gasteiger partial charge in [0.1, 0.15) is 5.75 Å². The van der Waals surface area contributed by atoms with Crippen LogP contribution in [-0.2, 0) is 19.5 Å². The summed E-state index contributed by atoms with van der Waals surface area (Å²) in [5.74, 6) is 2.06. The van der Waals surface area contributed by atoms with Gasteiger partial charge in [-0.15, -0.1) is 11.3 Å². The number of rotatable bonds is 8. The normalized spacial score (nSPS) is 15.0. The second-order valence-corrected chi connectivity index (χ2v) is 9.71. The quantitative estimate of drug-likeness (QED) is 0.349. The van der Waals surface area contributed by atoms with E-state index in [0.717, 1.165) is 66.2 Å². The Morgan fingerprint density at radius 1 is 0.941 bits per heavy atom. The monoisotopic (exact) mass is 495 g/mol. The third-order valence-electron chi connectivity index (χ3n) is 5.89. The Morgan fingerprint density at radius 2 is 1.65 bits per heavy atom. The average molecular weight is 496 g/mol. The number of methoxy groups -OCH3 is 1. The van der Waals surface area contributed by atoms with Crippen LogP contribution in [0.25, 0.3) is 11.4 Å². The van der Waals surface area contributed by atoms with Crippen LogP contribution < -0.4 is 4.74 Å². The third kappa shape index (κ3) is 5.82. The summed E-state index contributed by atoms with van der Waals surface area (Å²) < 4.78 is 10.7. The molecule has 2 aromatic carbocycles. The number of ether oxygens (including phenoxy) is 1. The fourth-order valence-corrected chi connectivity index (χ4v) is 4.93. The minimum atomic E-state index is 0.606. The molecule has 3 heterocycles. The molecule has 7 nitrogen and oxygen atoms in total. The molecule has 0 unspecified atom stereocenters. The largest absolute Gasteiger partial charge is 0.497 e. The standard InChI is InChI=1S/C25H26ClN5O2S/c1-32-22-8-4-19(5-9-22)25-28-23(33-29-25)16-31-12-10-30(11-13-31)15-21-17-34-24(27-21)14-18-2-6-20(26)7-3-18/h2-9,17H,10-16H2,1H3. The van der Waals surface area contributed by atoms with Gasteiger partial charge in [0, 0.05) is 55.1 Å². The Hall–Kier alpha value is -2.78. The smallest absolute Gasteiger partial charge is 0.241 e. The van der Waals surface area contributed by atoms with Crippen molar-refractivity contribution in [3.63, 3.8) is 0 Å². The van der Waals surface area contributed by atoms with Crippen LogP contribution in [0.4, 0.5) is 0 Å². The van der Waals surface area contributed by atoms with Crippen molar-refractivity contribution in [1.82, 2.24) is 24.9 Å². The summed E-state index contributed by atoms with van der Waals surface area (Å²) in [6.45, 7) is 5.45. The molecule has 0 radical (unpaired) electrons. The van der Waals surface area contributed by atoms with Gasteiger partial charge in [-0.2, -0.15) is 4.98 Å². The fourth-order valence-electron chi connectivity index (χ4n) is 3.98. The van der Waals surface area contributed by atoms with Crippen molar-refractivity contribution in [3.8, 4) is 17.1 Å². The number of nitrogens with zero attached hydrogens (tertiary/aromatic N) is 5. The highest BCUT2D eigenvalue weighted by Gasteiger charge is 2.20.